The van der Waals surface area contributed by atoms with Gasteiger partial charge in [0, 0.05) is 12.2 Å². The summed E-state index contributed by atoms with van der Waals surface area (Å²) in [6.45, 7) is 0.395. The molecule has 0 unspecified atom stereocenters. The van der Waals surface area contributed by atoms with E-state index in [9.17, 15) is 13.2 Å². The molecule has 0 bridgehead atoms. The lowest BCUT2D eigenvalue weighted by Crippen LogP contribution is -2.35. The molecular formula is C22H19ClN2O3S. The van der Waals surface area contributed by atoms with Gasteiger partial charge in [0.15, 0.2) is 0 Å². The maximum Gasteiger partial charge on any atom is 0.264 e. The minimum atomic E-state index is -3.68. The van der Waals surface area contributed by atoms with Gasteiger partial charge in [0.05, 0.1) is 21.2 Å². The first-order valence-corrected chi connectivity index (χ1v) is 11.1. The van der Waals surface area contributed by atoms with Crippen molar-refractivity contribution < 1.29 is 13.2 Å². The molecule has 0 spiro atoms. The van der Waals surface area contributed by atoms with E-state index in [2.05, 4.69) is 5.32 Å². The van der Waals surface area contributed by atoms with Crippen LogP contribution in [0.3, 0.4) is 0 Å². The number of rotatable bonds is 4. The lowest BCUT2D eigenvalue weighted by Gasteiger charge is -2.31. The van der Waals surface area contributed by atoms with Crippen molar-refractivity contribution in [1.82, 2.24) is 0 Å². The molecule has 0 saturated heterocycles. The van der Waals surface area contributed by atoms with Gasteiger partial charge in [-0.1, -0.05) is 48.0 Å². The smallest absolute Gasteiger partial charge is 0.264 e. The van der Waals surface area contributed by atoms with Crippen LogP contribution in [-0.2, 0) is 16.4 Å². The number of fused-ring (bicyclic) bond motifs is 1. The summed E-state index contributed by atoms with van der Waals surface area (Å²) in [5.41, 5.74) is 2.41. The van der Waals surface area contributed by atoms with Crippen molar-refractivity contribution in [3.8, 4) is 0 Å². The average Bonchev–Trinajstić information content (AvgIpc) is 2.74. The maximum atomic E-state index is 13.2. The number of carbonyl (C=O) groups is 1. The fourth-order valence-electron chi connectivity index (χ4n) is 3.43. The summed E-state index contributed by atoms with van der Waals surface area (Å²) >= 11 is 6.10. The Kier molecular flexibility index (Phi) is 5.30. The second kappa shape index (κ2) is 7.89. The van der Waals surface area contributed by atoms with E-state index < -0.39 is 10.0 Å². The summed E-state index contributed by atoms with van der Waals surface area (Å²) in [7, 11) is -3.68. The second-order valence-electron chi connectivity index (χ2n) is 6.77. The molecule has 0 atom stereocenters. The molecule has 3 aromatic rings. The molecule has 0 aromatic heterocycles. The summed E-state index contributed by atoms with van der Waals surface area (Å²) in [6, 6.07) is 20.5. The summed E-state index contributed by atoms with van der Waals surface area (Å²) in [5, 5.41) is 3.17. The third-order valence-electron chi connectivity index (χ3n) is 4.87. The molecule has 3 aromatic carbocycles. The Balaban J connectivity index is 1.68. The van der Waals surface area contributed by atoms with Gasteiger partial charge in [-0.05, 0) is 54.8 Å². The minimum Gasteiger partial charge on any atom is -0.322 e. The second-order valence-corrected chi connectivity index (χ2v) is 9.04. The first kappa shape index (κ1) is 19.5. The summed E-state index contributed by atoms with van der Waals surface area (Å²) in [5.74, 6) is -0.344. The van der Waals surface area contributed by atoms with Gasteiger partial charge in [-0.2, -0.15) is 0 Å². The third kappa shape index (κ3) is 3.86. The standard InChI is InChI=1S/C22H19ClN2O3S/c23-20-11-5-4-10-19(20)22(26)24-17-13-12-16-7-6-14-25(21(16)15-17)29(27,28)18-8-2-1-3-9-18/h1-5,8-13,15H,6-7,14H2,(H,24,26). The summed E-state index contributed by atoms with van der Waals surface area (Å²) in [4.78, 5) is 12.8. The molecule has 1 N–H and O–H groups in total. The van der Waals surface area contributed by atoms with Gasteiger partial charge in [0.25, 0.3) is 15.9 Å². The molecule has 1 amide bonds. The van der Waals surface area contributed by atoms with E-state index in [4.69, 9.17) is 11.6 Å². The lowest BCUT2D eigenvalue weighted by molar-refractivity contribution is 0.102. The molecule has 1 heterocycles. The van der Waals surface area contributed by atoms with Crippen LogP contribution < -0.4 is 9.62 Å². The van der Waals surface area contributed by atoms with Crippen LogP contribution in [0.15, 0.2) is 77.7 Å². The number of halogens is 1. The fraction of sp³-hybridized carbons (Fsp3) is 0.136. The van der Waals surface area contributed by atoms with E-state index in [1.807, 2.05) is 6.07 Å². The Hall–Kier alpha value is -2.83. The Morgan fingerprint density at radius 1 is 0.966 bits per heavy atom. The van der Waals surface area contributed by atoms with E-state index in [1.165, 1.54) is 4.31 Å². The average molecular weight is 427 g/mol. The third-order valence-corrected chi connectivity index (χ3v) is 7.03. The number of amides is 1. The van der Waals surface area contributed by atoms with Gasteiger partial charge >= 0.3 is 0 Å². The highest BCUT2D eigenvalue weighted by molar-refractivity contribution is 7.92. The lowest BCUT2D eigenvalue weighted by atomic mass is 10.0. The molecule has 5 nitrogen and oxygen atoms in total. The Morgan fingerprint density at radius 2 is 1.69 bits per heavy atom. The summed E-state index contributed by atoms with van der Waals surface area (Å²) < 4.78 is 27.8. The number of hydrogen-bond donors (Lipinski definition) is 1. The molecule has 7 heteroatoms. The van der Waals surface area contributed by atoms with Gasteiger partial charge in [-0.3, -0.25) is 9.10 Å². The molecule has 0 saturated carbocycles. The Labute approximate surface area is 175 Å². The zero-order valence-electron chi connectivity index (χ0n) is 15.5. The number of carbonyl (C=O) groups excluding carboxylic acids is 1. The van der Waals surface area contributed by atoms with Crippen molar-refractivity contribution in [1.29, 1.82) is 0 Å². The van der Waals surface area contributed by atoms with Crippen LogP contribution in [0.5, 0.6) is 0 Å². The largest absolute Gasteiger partial charge is 0.322 e. The van der Waals surface area contributed by atoms with E-state index in [-0.39, 0.29) is 10.8 Å². The SMILES string of the molecule is O=C(Nc1ccc2c(c1)N(S(=O)(=O)c1ccccc1)CCC2)c1ccccc1Cl. The quantitative estimate of drug-likeness (QED) is 0.655. The van der Waals surface area contributed by atoms with Crippen LogP contribution in [0.1, 0.15) is 22.3 Å². The molecule has 0 aliphatic carbocycles. The molecule has 1 aliphatic rings. The molecular weight excluding hydrogens is 408 g/mol. The molecule has 4 rings (SSSR count). The van der Waals surface area contributed by atoms with Crippen molar-refractivity contribution in [3.05, 3.63) is 88.9 Å². The monoisotopic (exact) mass is 426 g/mol. The van der Waals surface area contributed by atoms with Crippen molar-refractivity contribution in [2.75, 3.05) is 16.2 Å². The highest BCUT2D eigenvalue weighted by Gasteiger charge is 2.29. The predicted molar refractivity (Wildman–Crippen MR) is 115 cm³/mol. The number of aryl methyl sites for hydroxylation is 1. The first-order chi connectivity index (χ1) is 14.0. The zero-order chi connectivity index (χ0) is 20.4. The van der Waals surface area contributed by atoms with Gasteiger partial charge in [0.2, 0.25) is 0 Å². The number of anilines is 2. The van der Waals surface area contributed by atoms with Crippen molar-refractivity contribution in [2.24, 2.45) is 0 Å². The van der Waals surface area contributed by atoms with Gasteiger partial charge < -0.3 is 5.32 Å². The van der Waals surface area contributed by atoms with Crippen LogP contribution >= 0.6 is 11.6 Å². The molecule has 148 valence electrons. The highest BCUT2D eigenvalue weighted by atomic mass is 35.5. The van der Waals surface area contributed by atoms with E-state index >= 15 is 0 Å². The Bertz CT molecular complexity index is 1160. The van der Waals surface area contributed by atoms with Crippen molar-refractivity contribution in [3.63, 3.8) is 0 Å². The first-order valence-electron chi connectivity index (χ1n) is 9.23. The van der Waals surface area contributed by atoms with Gasteiger partial charge in [0.1, 0.15) is 0 Å². The van der Waals surface area contributed by atoms with Crippen LogP contribution in [-0.4, -0.2) is 20.9 Å². The van der Waals surface area contributed by atoms with Crippen LogP contribution in [0.25, 0.3) is 0 Å². The molecule has 29 heavy (non-hydrogen) atoms. The van der Waals surface area contributed by atoms with E-state index in [0.29, 0.717) is 28.5 Å². The predicted octanol–water partition coefficient (Wildman–Crippen LogP) is 4.73. The molecule has 1 aliphatic heterocycles. The maximum absolute atomic E-state index is 13.2. The van der Waals surface area contributed by atoms with Crippen LogP contribution in [0.2, 0.25) is 5.02 Å². The van der Waals surface area contributed by atoms with Crippen LogP contribution in [0.4, 0.5) is 11.4 Å². The van der Waals surface area contributed by atoms with Gasteiger partial charge in [-0.25, -0.2) is 8.42 Å². The van der Waals surface area contributed by atoms with E-state index in [1.54, 1.807) is 66.7 Å². The fourth-order valence-corrected chi connectivity index (χ4v) is 5.21. The molecule has 0 radical (unpaired) electrons. The van der Waals surface area contributed by atoms with Crippen LogP contribution in [0, 0.1) is 0 Å². The summed E-state index contributed by atoms with van der Waals surface area (Å²) in [6.07, 6.45) is 1.53. The number of hydrogen-bond acceptors (Lipinski definition) is 3. The topological polar surface area (TPSA) is 66.5 Å². The number of benzene rings is 3. The van der Waals surface area contributed by atoms with Crippen molar-refractivity contribution >= 4 is 38.9 Å². The van der Waals surface area contributed by atoms with Gasteiger partial charge in [-0.15, -0.1) is 0 Å². The highest BCUT2D eigenvalue weighted by Crippen LogP contribution is 2.34. The number of nitrogens with zero attached hydrogens (tertiary/aromatic N) is 1. The van der Waals surface area contributed by atoms with E-state index in [0.717, 1.165) is 18.4 Å². The normalized spacial score (nSPS) is 13.6. The number of sulfonamides is 1. The Morgan fingerprint density at radius 3 is 2.45 bits per heavy atom. The minimum absolute atomic E-state index is 0.248. The number of nitrogens with one attached hydrogen (secondary N) is 1. The zero-order valence-corrected chi connectivity index (χ0v) is 17.1. The molecule has 0 fully saturated rings. The van der Waals surface area contributed by atoms with Crippen molar-refractivity contribution in [2.45, 2.75) is 17.7 Å².